The Kier molecular flexibility index (Phi) is 3.47. The van der Waals surface area contributed by atoms with E-state index in [0.717, 1.165) is 5.56 Å². The van der Waals surface area contributed by atoms with Crippen molar-refractivity contribution in [2.75, 3.05) is 6.54 Å². The molecule has 1 aromatic rings. The molecule has 0 radical (unpaired) electrons. The second-order valence-electron chi connectivity index (χ2n) is 4.45. The number of rotatable bonds is 4. The highest BCUT2D eigenvalue weighted by Crippen LogP contribution is 2.16. The molecule has 84 valence electrons. The monoisotopic (exact) mass is 212 g/mol. The molecule has 0 saturated heterocycles. The van der Waals surface area contributed by atoms with Crippen LogP contribution in [0, 0.1) is 0 Å². The van der Waals surface area contributed by atoms with Gasteiger partial charge in [-0.25, -0.2) is 0 Å². The summed E-state index contributed by atoms with van der Waals surface area (Å²) in [6, 6.07) is 0. The third kappa shape index (κ3) is 3.71. The van der Waals surface area contributed by atoms with Crippen molar-refractivity contribution >= 4 is 5.97 Å². The molecule has 0 aromatic carbocycles. The van der Waals surface area contributed by atoms with Crippen LogP contribution < -0.4 is 0 Å². The van der Waals surface area contributed by atoms with Crippen molar-refractivity contribution in [2.24, 2.45) is 0 Å². The lowest BCUT2D eigenvalue weighted by Crippen LogP contribution is -2.43. The van der Waals surface area contributed by atoms with E-state index >= 15 is 0 Å². The van der Waals surface area contributed by atoms with Crippen LogP contribution in [0.5, 0.6) is 0 Å². The highest BCUT2D eigenvalue weighted by molar-refractivity contribution is 5.69. The lowest BCUT2D eigenvalue weighted by atomic mass is 10.1. The number of aliphatic carboxylic acids is 1. The molecule has 5 heteroatoms. The Morgan fingerprint density at radius 1 is 1.60 bits per heavy atom. The van der Waals surface area contributed by atoms with Gasteiger partial charge in [-0.3, -0.25) is 9.69 Å². The van der Waals surface area contributed by atoms with E-state index in [4.69, 9.17) is 9.63 Å². The van der Waals surface area contributed by atoms with E-state index < -0.39 is 5.97 Å². The zero-order valence-corrected chi connectivity index (χ0v) is 9.23. The maximum Gasteiger partial charge on any atom is 0.317 e. The van der Waals surface area contributed by atoms with Crippen molar-refractivity contribution in [1.29, 1.82) is 0 Å². The maximum absolute atomic E-state index is 10.7. The Morgan fingerprint density at radius 2 is 2.27 bits per heavy atom. The maximum atomic E-state index is 10.7. The van der Waals surface area contributed by atoms with Crippen molar-refractivity contribution in [1.82, 2.24) is 10.1 Å². The highest BCUT2D eigenvalue weighted by Gasteiger charge is 2.23. The molecule has 0 spiro atoms. The third-order valence-electron chi connectivity index (χ3n) is 2.13. The average Bonchev–Trinajstić information content (AvgIpc) is 2.53. The number of carbonyl (C=O) groups is 1. The number of carboxylic acids is 1. The van der Waals surface area contributed by atoms with Crippen LogP contribution in [0.1, 0.15) is 26.3 Å². The lowest BCUT2D eigenvalue weighted by Gasteiger charge is -2.33. The number of carboxylic acid groups (broad SMARTS) is 1. The molecular formula is C10H16N2O3. The molecule has 0 amide bonds. The molecule has 1 N–H and O–H groups in total. The van der Waals surface area contributed by atoms with Gasteiger partial charge < -0.3 is 9.63 Å². The predicted molar refractivity (Wildman–Crippen MR) is 54.3 cm³/mol. The van der Waals surface area contributed by atoms with Gasteiger partial charge in [-0.2, -0.15) is 0 Å². The smallest absolute Gasteiger partial charge is 0.317 e. The summed E-state index contributed by atoms with van der Waals surface area (Å²) in [4.78, 5) is 12.6. The van der Waals surface area contributed by atoms with Crippen LogP contribution >= 0.6 is 0 Å². The van der Waals surface area contributed by atoms with Gasteiger partial charge in [0.2, 0.25) is 0 Å². The van der Waals surface area contributed by atoms with Gasteiger partial charge in [0.25, 0.3) is 0 Å². The summed E-state index contributed by atoms with van der Waals surface area (Å²) >= 11 is 0. The van der Waals surface area contributed by atoms with E-state index in [-0.39, 0.29) is 12.1 Å². The standard InChI is InChI=1S/C10H16N2O3/c1-10(2,3)12(6-9(13)14)5-8-4-11-15-7-8/h4,7H,5-6H2,1-3H3,(H,13,14). The molecule has 0 fully saturated rings. The van der Waals surface area contributed by atoms with Gasteiger partial charge in [-0.05, 0) is 20.8 Å². The molecule has 0 aliphatic heterocycles. The Hall–Kier alpha value is -1.36. The molecule has 0 aliphatic carbocycles. The minimum atomic E-state index is -0.832. The summed E-state index contributed by atoms with van der Waals surface area (Å²) in [6.45, 7) is 6.46. The van der Waals surface area contributed by atoms with Gasteiger partial charge in [0, 0.05) is 17.6 Å². The molecule has 1 aromatic heterocycles. The van der Waals surface area contributed by atoms with Gasteiger partial charge in [-0.15, -0.1) is 0 Å². The van der Waals surface area contributed by atoms with Crippen LogP contribution in [-0.2, 0) is 11.3 Å². The molecule has 0 bridgehead atoms. The summed E-state index contributed by atoms with van der Waals surface area (Å²) in [5.74, 6) is -0.832. The molecular weight excluding hydrogens is 196 g/mol. The molecule has 0 saturated carbocycles. The minimum Gasteiger partial charge on any atom is -0.480 e. The first-order valence-corrected chi connectivity index (χ1v) is 4.74. The lowest BCUT2D eigenvalue weighted by molar-refractivity contribution is -0.139. The number of hydrogen-bond acceptors (Lipinski definition) is 4. The zero-order chi connectivity index (χ0) is 11.5. The quantitative estimate of drug-likeness (QED) is 0.816. The Labute approximate surface area is 88.7 Å². The summed E-state index contributed by atoms with van der Waals surface area (Å²) in [5.41, 5.74) is 0.682. The van der Waals surface area contributed by atoms with Crippen LogP contribution in [0.25, 0.3) is 0 Å². The molecule has 1 heterocycles. The van der Waals surface area contributed by atoms with E-state index in [9.17, 15) is 4.79 Å². The van der Waals surface area contributed by atoms with Gasteiger partial charge >= 0.3 is 5.97 Å². The van der Waals surface area contributed by atoms with Gasteiger partial charge in [0.05, 0.1) is 12.7 Å². The number of aromatic nitrogens is 1. The van der Waals surface area contributed by atoms with Crippen molar-refractivity contribution in [3.8, 4) is 0 Å². The first-order chi connectivity index (χ1) is 6.89. The predicted octanol–water partition coefficient (Wildman–Crippen LogP) is 1.36. The molecule has 5 nitrogen and oxygen atoms in total. The molecule has 0 atom stereocenters. The molecule has 1 rings (SSSR count). The SMILES string of the molecule is CC(C)(C)N(CC(=O)O)Cc1cnoc1. The highest BCUT2D eigenvalue weighted by atomic mass is 16.5. The normalized spacial score (nSPS) is 12.0. The Bertz CT molecular complexity index is 314. The second-order valence-corrected chi connectivity index (χ2v) is 4.45. The summed E-state index contributed by atoms with van der Waals surface area (Å²) in [6.07, 6.45) is 3.13. The van der Waals surface area contributed by atoms with Crippen molar-refractivity contribution in [2.45, 2.75) is 32.9 Å². The fourth-order valence-corrected chi connectivity index (χ4v) is 1.22. The molecule has 0 unspecified atom stereocenters. The van der Waals surface area contributed by atoms with E-state index in [2.05, 4.69) is 5.16 Å². The van der Waals surface area contributed by atoms with Crippen molar-refractivity contribution < 1.29 is 14.4 Å². The topological polar surface area (TPSA) is 66.6 Å². The fraction of sp³-hybridized carbons (Fsp3) is 0.600. The Balaban J connectivity index is 2.69. The largest absolute Gasteiger partial charge is 0.480 e. The zero-order valence-electron chi connectivity index (χ0n) is 9.23. The fourth-order valence-electron chi connectivity index (χ4n) is 1.22. The minimum absolute atomic E-state index is 0.00861. The first-order valence-electron chi connectivity index (χ1n) is 4.74. The molecule has 15 heavy (non-hydrogen) atoms. The van der Waals surface area contributed by atoms with Crippen LogP contribution in [0.4, 0.5) is 0 Å². The summed E-state index contributed by atoms with van der Waals surface area (Å²) < 4.78 is 4.71. The third-order valence-corrected chi connectivity index (χ3v) is 2.13. The summed E-state index contributed by atoms with van der Waals surface area (Å²) in [5, 5.41) is 12.4. The number of nitrogens with zero attached hydrogens (tertiary/aromatic N) is 2. The van der Waals surface area contributed by atoms with Crippen LogP contribution in [0.3, 0.4) is 0 Å². The number of hydrogen-bond donors (Lipinski definition) is 1. The second kappa shape index (κ2) is 4.44. The summed E-state index contributed by atoms with van der Waals surface area (Å²) in [7, 11) is 0. The van der Waals surface area contributed by atoms with Crippen LogP contribution in [0.15, 0.2) is 17.0 Å². The Morgan fingerprint density at radius 3 is 2.67 bits per heavy atom. The average molecular weight is 212 g/mol. The van der Waals surface area contributed by atoms with Gasteiger partial charge in [0.15, 0.2) is 0 Å². The van der Waals surface area contributed by atoms with Gasteiger partial charge in [-0.1, -0.05) is 5.16 Å². The van der Waals surface area contributed by atoms with E-state index in [1.807, 2.05) is 25.7 Å². The van der Waals surface area contributed by atoms with Crippen molar-refractivity contribution in [3.63, 3.8) is 0 Å². The van der Waals surface area contributed by atoms with Gasteiger partial charge in [0.1, 0.15) is 6.26 Å². The van der Waals surface area contributed by atoms with E-state index in [1.165, 1.54) is 6.26 Å². The van der Waals surface area contributed by atoms with E-state index in [0.29, 0.717) is 6.54 Å². The molecule has 0 aliphatic rings. The first kappa shape index (κ1) is 11.7. The van der Waals surface area contributed by atoms with E-state index in [1.54, 1.807) is 6.20 Å². The van der Waals surface area contributed by atoms with Crippen LogP contribution in [-0.4, -0.2) is 33.2 Å². The van der Waals surface area contributed by atoms with Crippen molar-refractivity contribution in [3.05, 3.63) is 18.0 Å². The van der Waals surface area contributed by atoms with Crippen LogP contribution in [0.2, 0.25) is 0 Å².